The number of pyridine rings is 1. The summed E-state index contributed by atoms with van der Waals surface area (Å²) in [7, 11) is 0. The van der Waals surface area contributed by atoms with Crippen LogP contribution >= 0.6 is 11.8 Å². The lowest BCUT2D eigenvalue weighted by molar-refractivity contribution is 0.528. The van der Waals surface area contributed by atoms with E-state index in [4.69, 9.17) is 0 Å². The van der Waals surface area contributed by atoms with Crippen LogP contribution in [0, 0.1) is 12.8 Å². The van der Waals surface area contributed by atoms with Crippen molar-refractivity contribution in [3.63, 3.8) is 0 Å². The second-order valence-electron chi connectivity index (χ2n) is 3.96. The lowest BCUT2D eigenvalue weighted by atomic mass is 10.1. The lowest BCUT2D eigenvalue weighted by Gasteiger charge is -2.28. The Kier molecular flexibility index (Phi) is 3.08. The molecule has 2 nitrogen and oxygen atoms in total. The molecule has 1 N–H and O–H groups in total. The van der Waals surface area contributed by atoms with Crippen molar-refractivity contribution >= 4 is 11.8 Å². The molecule has 0 aliphatic carbocycles. The first-order chi connectivity index (χ1) is 6.77. The monoisotopic (exact) mass is 208 g/mol. The molecule has 0 saturated carbocycles. The fourth-order valence-corrected chi connectivity index (χ4v) is 2.92. The molecule has 2 unspecified atom stereocenters. The molecule has 0 aromatic carbocycles. The quantitative estimate of drug-likeness (QED) is 0.767. The van der Waals surface area contributed by atoms with E-state index >= 15 is 0 Å². The second kappa shape index (κ2) is 4.32. The highest BCUT2D eigenvalue weighted by molar-refractivity contribution is 7.99. The highest BCUT2D eigenvalue weighted by Gasteiger charge is 2.20. The molecule has 0 spiro atoms. The van der Waals surface area contributed by atoms with Crippen LogP contribution in [0.4, 0.5) is 0 Å². The van der Waals surface area contributed by atoms with Gasteiger partial charge in [0.2, 0.25) is 0 Å². The first-order valence-electron chi connectivity index (χ1n) is 5.03. The summed E-state index contributed by atoms with van der Waals surface area (Å²) in [6.07, 6.45) is 3.84. The molecule has 2 atom stereocenters. The first kappa shape index (κ1) is 9.99. The van der Waals surface area contributed by atoms with Gasteiger partial charge >= 0.3 is 0 Å². The topological polar surface area (TPSA) is 24.9 Å². The van der Waals surface area contributed by atoms with Crippen LogP contribution in [-0.2, 0) is 0 Å². The van der Waals surface area contributed by atoms with Gasteiger partial charge in [-0.25, -0.2) is 0 Å². The summed E-state index contributed by atoms with van der Waals surface area (Å²) < 4.78 is 0. The summed E-state index contributed by atoms with van der Waals surface area (Å²) in [5.41, 5.74) is 2.67. The van der Waals surface area contributed by atoms with E-state index in [1.165, 1.54) is 16.9 Å². The summed E-state index contributed by atoms with van der Waals surface area (Å²) in [5, 5.41) is 3.99. The van der Waals surface area contributed by atoms with Crippen LogP contribution in [0.5, 0.6) is 0 Å². The molecule has 3 heteroatoms. The second-order valence-corrected chi connectivity index (χ2v) is 5.10. The molecule has 0 bridgehead atoms. The average Bonchev–Trinajstić information content (AvgIpc) is 2.20. The van der Waals surface area contributed by atoms with Crippen molar-refractivity contribution in [2.45, 2.75) is 19.2 Å². The molecular formula is C11H16N2S. The van der Waals surface area contributed by atoms with Crippen LogP contribution in [0.3, 0.4) is 0 Å². The first-order valence-corrected chi connectivity index (χ1v) is 6.07. The number of rotatable bonds is 1. The smallest absolute Gasteiger partial charge is 0.0807 e. The van der Waals surface area contributed by atoms with Gasteiger partial charge < -0.3 is 5.32 Å². The fourth-order valence-electron chi connectivity index (χ4n) is 1.64. The highest BCUT2D eigenvalue weighted by atomic mass is 32.2. The zero-order chi connectivity index (χ0) is 9.97. The maximum atomic E-state index is 4.19. The standard InChI is InChI=1S/C11H16N2S/c1-8-5-13-11(14-7-8)10-6-12-4-3-9(10)2/h3-4,6,8,11,13H,5,7H2,1-2H3. The minimum atomic E-state index is 0.444. The molecule has 1 aliphatic rings. The predicted molar refractivity (Wildman–Crippen MR) is 61.3 cm³/mol. The summed E-state index contributed by atoms with van der Waals surface area (Å²) in [6, 6.07) is 2.08. The molecule has 1 fully saturated rings. The minimum Gasteiger partial charge on any atom is -0.301 e. The Morgan fingerprint density at radius 1 is 1.57 bits per heavy atom. The normalized spacial score (nSPS) is 27.6. The molecule has 14 heavy (non-hydrogen) atoms. The van der Waals surface area contributed by atoms with Crippen LogP contribution in [-0.4, -0.2) is 17.3 Å². The number of hydrogen-bond acceptors (Lipinski definition) is 3. The van der Waals surface area contributed by atoms with E-state index in [1.807, 2.05) is 24.2 Å². The van der Waals surface area contributed by atoms with Crippen molar-refractivity contribution in [3.8, 4) is 0 Å². The van der Waals surface area contributed by atoms with Gasteiger partial charge in [-0.3, -0.25) is 4.98 Å². The van der Waals surface area contributed by atoms with Gasteiger partial charge in [0.1, 0.15) is 0 Å². The fraction of sp³-hybridized carbons (Fsp3) is 0.545. The van der Waals surface area contributed by atoms with Gasteiger partial charge in [-0.05, 0) is 36.8 Å². The van der Waals surface area contributed by atoms with Crippen molar-refractivity contribution in [2.24, 2.45) is 5.92 Å². The Hall–Kier alpha value is -0.540. The Morgan fingerprint density at radius 2 is 2.43 bits per heavy atom. The number of nitrogens with one attached hydrogen (secondary N) is 1. The largest absolute Gasteiger partial charge is 0.301 e. The summed E-state index contributed by atoms with van der Waals surface area (Å²) in [5.74, 6) is 2.03. The molecular weight excluding hydrogens is 192 g/mol. The van der Waals surface area contributed by atoms with Gasteiger partial charge in [-0.2, -0.15) is 0 Å². The van der Waals surface area contributed by atoms with Gasteiger partial charge in [0, 0.05) is 18.0 Å². The number of aryl methyl sites for hydroxylation is 1. The summed E-state index contributed by atoms with van der Waals surface area (Å²) in [6.45, 7) is 5.55. The van der Waals surface area contributed by atoms with Gasteiger partial charge in [-0.1, -0.05) is 6.92 Å². The van der Waals surface area contributed by atoms with Gasteiger partial charge in [0.15, 0.2) is 0 Å². The van der Waals surface area contributed by atoms with E-state index in [0.717, 1.165) is 12.5 Å². The minimum absolute atomic E-state index is 0.444. The van der Waals surface area contributed by atoms with E-state index in [9.17, 15) is 0 Å². The number of thioether (sulfide) groups is 1. The molecule has 0 amide bonds. The maximum absolute atomic E-state index is 4.19. The Labute approximate surface area is 89.5 Å². The Bertz CT molecular complexity index is 306. The summed E-state index contributed by atoms with van der Waals surface area (Å²) >= 11 is 1.99. The molecule has 1 aliphatic heterocycles. The van der Waals surface area contributed by atoms with Crippen LogP contribution in [0.15, 0.2) is 18.5 Å². The third kappa shape index (κ3) is 2.10. The van der Waals surface area contributed by atoms with Gasteiger partial charge in [0.05, 0.1) is 5.37 Å². The van der Waals surface area contributed by atoms with Crippen molar-refractivity contribution in [2.75, 3.05) is 12.3 Å². The van der Waals surface area contributed by atoms with Crippen molar-refractivity contribution in [1.29, 1.82) is 0 Å². The van der Waals surface area contributed by atoms with Crippen LogP contribution in [0.2, 0.25) is 0 Å². The van der Waals surface area contributed by atoms with Gasteiger partial charge in [-0.15, -0.1) is 11.8 Å². The van der Waals surface area contributed by atoms with Crippen LogP contribution in [0.1, 0.15) is 23.4 Å². The molecule has 0 radical (unpaired) electrons. The summed E-state index contributed by atoms with van der Waals surface area (Å²) in [4.78, 5) is 4.19. The van der Waals surface area contributed by atoms with Crippen LogP contribution < -0.4 is 5.32 Å². The van der Waals surface area contributed by atoms with Crippen molar-refractivity contribution < 1.29 is 0 Å². The Balaban J connectivity index is 2.12. The van der Waals surface area contributed by atoms with Crippen molar-refractivity contribution in [1.82, 2.24) is 10.3 Å². The molecule has 2 rings (SSSR count). The third-order valence-electron chi connectivity index (χ3n) is 2.56. The number of hydrogen-bond donors (Lipinski definition) is 1. The van der Waals surface area contributed by atoms with E-state index < -0.39 is 0 Å². The van der Waals surface area contributed by atoms with Crippen molar-refractivity contribution in [3.05, 3.63) is 29.6 Å². The lowest BCUT2D eigenvalue weighted by Crippen LogP contribution is -2.31. The number of aromatic nitrogens is 1. The SMILES string of the molecule is Cc1ccncc1C1NCC(C)CS1. The van der Waals surface area contributed by atoms with E-state index in [2.05, 4.69) is 30.2 Å². The zero-order valence-corrected chi connectivity index (χ0v) is 9.47. The molecule has 76 valence electrons. The third-order valence-corrected chi connectivity index (χ3v) is 4.08. The van der Waals surface area contributed by atoms with Gasteiger partial charge in [0.25, 0.3) is 0 Å². The van der Waals surface area contributed by atoms with Crippen LogP contribution in [0.25, 0.3) is 0 Å². The van der Waals surface area contributed by atoms with E-state index in [1.54, 1.807) is 0 Å². The zero-order valence-electron chi connectivity index (χ0n) is 8.66. The molecule has 1 saturated heterocycles. The molecule has 1 aromatic rings. The molecule has 1 aromatic heterocycles. The predicted octanol–water partition coefficient (Wildman–Crippen LogP) is 2.36. The average molecular weight is 208 g/mol. The molecule has 2 heterocycles. The maximum Gasteiger partial charge on any atom is 0.0807 e. The Morgan fingerprint density at radius 3 is 3.07 bits per heavy atom. The van der Waals surface area contributed by atoms with E-state index in [0.29, 0.717) is 5.37 Å². The highest BCUT2D eigenvalue weighted by Crippen LogP contribution is 2.32. The van der Waals surface area contributed by atoms with E-state index in [-0.39, 0.29) is 0 Å². The number of nitrogens with zero attached hydrogens (tertiary/aromatic N) is 1.